The number of alkyl carbamates (subject to hydrolysis) is 1. The van der Waals surface area contributed by atoms with Crippen LogP contribution in [0.5, 0.6) is 0 Å². The number of hydrogen-bond donors (Lipinski definition) is 3. The summed E-state index contributed by atoms with van der Waals surface area (Å²) in [5.41, 5.74) is 1.35. The summed E-state index contributed by atoms with van der Waals surface area (Å²) in [6, 6.07) is 6.06. The van der Waals surface area contributed by atoms with Gasteiger partial charge in [0.25, 0.3) is 0 Å². The molecular weight excluding hydrogens is 236 g/mol. The third kappa shape index (κ3) is 4.06. The molecule has 0 aliphatic carbocycles. The van der Waals surface area contributed by atoms with Gasteiger partial charge in [-0.3, -0.25) is 4.79 Å². The van der Waals surface area contributed by atoms with Crippen LogP contribution < -0.4 is 10.6 Å². The monoisotopic (exact) mass is 252 g/mol. The van der Waals surface area contributed by atoms with Crippen molar-refractivity contribution in [3.63, 3.8) is 0 Å². The molecule has 1 atom stereocenters. The topological polar surface area (TPSA) is 87.7 Å². The summed E-state index contributed by atoms with van der Waals surface area (Å²) < 4.78 is 4.39. The van der Waals surface area contributed by atoms with Gasteiger partial charge in [-0.05, 0) is 24.6 Å². The summed E-state index contributed by atoms with van der Waals surface area (Å²) in [5, 5.41) is 13.9. The second kappa shape index (κ2) is 6.61. The largest absolute Gasteiger partial charge is 0.453 e. The second-order valence-electron chi connectivity index (χ2n) is 3.70. The Morgan fingerprint density at radius 1 is 1.33 bits per heavy atom. The smallest absolute Gasteiger partial charge is 0.407 e. The Balaban J connectivity index is 2.55. The number of amides is 2. The Morgan fingerprint density at radius 3 is 2.44 bits per heavy atom. The summed E-state index contributed by atoms with van der Waals surface area (Å²) in [6.07, 6.45) is -0.659. The molecule has 1 aromatic rings. The molecule has 3 N–H and O–H groups in total. The summed E-state index contributed by atoms with van der Waals surface area (Å²) in [5.74, 6) is -0.350. The number of anilines is 1. The van der Waals surface area contributed by atoms with E-state index in [-0.39, 0.29) is 12.5 Å². The number of carbonyl (C=O) groups is 2. The fourth-order valence-electron chi connectivity index (χ4n) is 1.25. The maximum Gasteiger partial charge on any atom is 0.407 e. The lowest BCUT2D eigenvalue weighted by atomic mass is 10.2. The first kappa shape index (κ1) is 14.0. The second-order valence-corrected chi connectivity index (χ2v) is 3.70. The number of benzene rings is 1. The van der Waals surface area contributed by atoms with Gasteiger partial charge >= 0.3 is 6.09 Å². The predicted molar refractivity (Wildman–Crippen MR) is 66.0 cm³/mol. The number of ether oxygens (including phenoxy) is 1. The number of aliphatic hydroxyl groups is 1. The van der Waals surface area contributed by atoms with Crippen LogP contribution in [0.15, 0.2) is 24.3 Å². The van der Waals surface area contributed by atoms with Crippen molar-refractivity contribution in [2.75, 3.05) is 12.4 Å². The van der Waals surface area contributed by atoms with E-state index >= 15 is 0 Å². The number of nitrogens with one attached hydrogen (secondary N) is 2. The molecule has 0 heterocycles. The normalized spacial score (nSPS) is 11.5. The lowest BCUT2D eigenvalue weighted by Crippen LogP contribution is -2.41. The number of hydrogen-bond acceptors (Lipinski definition) is 4. The van der Waals surface area contributed by atoms with Gasteiger partial charge in [-0.2, -0.15) is 0 Å². The SMILES string of the molecule is COC(=O)N[C@@H](C)C(=O)Nc1ccc(CO)cc1. The van der Waals surface area contributed by atoms with Crippen molar-refractivity contribution in [1.82, 2.24) is 5.32 Å². The van der Waals surface area contributed by atoms with Crippen molar-refractivity contribution in [2.24, 2.45) is 0 Å². The zero-order valence-electron chi connectivity index (χ0n) is 10.3. The molecular formula is C12H16N2O4. The fourth-order valence-corrected chi connectivity index (χ4v) is 1.25. The van der Waals surface area contributed by atoms with E-state index in [1.54, 1.807) is 31.2 Å². The van der Waals surface area contributed by atoms with Gasteiger partial charge in [-0.15, -0.1) is 0 Å². The minimum Gasteiger partial charge on any atom is -0.453 e. The van der Waals surface area contributed by atoms with Crippen molar-refractivity contribution < 1.29 is 19.4 Å². The van der Waals surface area contributed by atoms with Crippen LogP contribution in [0.2, 0.25) is 0 Å². The molecule has 0 radical (unpaired) electrons. The van der Waals surface area contributed by atoms with Crippen molar-refractivity contribution >= 4 is 17.7 Å². The van der Waals surface area contributed by atoms with Gasteiger partial charge in [0.05, 0.1) is 13.7 Å². The number of methoxy groups -OCH3 is 1. The number of carbonyl (C=O) groups excluding carboxylic acids is 2. The van der Waals surface area contributed by atoms with E-state index in [0.717, 1.165) is 5.56 Å². The molecule has 6 nitrogen and oxygen atoms in total. The zero-order valence-corrected chi connectivity index (χ0v) is 10.3. The predicted octanol–water partition coefficient (Wildman–Crippen LogP) is 0.862. The van der Waals surface area contributed by atoms with E-state index < -0.39 is 12.1 Å². The first-order valence-corrected chi connectivity index (χ1v) is 5.42. The highest BCUT2D eigenvalue weighted by molar-refractivity contribution is 5.96. The van der Waals surface area contributed by atoms with Crippen LogP contribution in [-0.2, 0) is 16.1 Å². The van der Waals surface area contributed by atoms with Crippen LogP contribution in [0, 0.1) is 0 Å². The molecule has 0 saturated carbocycles. The van der Waals surface area contributed by atoms with E-state index in [1.165, 1.54) is 7.11 Å². The van der Waals surface area contributed by atoms with Crippen LogP contribution in [0.4, 0.5) is 10.5 Å². The first-order valence-electron chi connectivity index (χ1n) is 5.42. The van der Waals surface area contributed by atoms with E-state index in [4.69, 9.17) is 5.11 Å². The lowest BCUT2D eigenvalue weighted by molar-refractivity contribution is -0.117. The molecule has 6 heteroatoms. The third-order valence-corrected chi connectivity index (χ3v) is 2.32. The highest BCUT2D eigenvalue weighted by atomic mass is 16.5. The molecule has 0 aliphatic heterocycles. The van der Waals surface area contributed by atoms with Gasteiger partial charge in [0, 0.05) is 5.69 Å². The molecule has 0 unspecified atom stereocenters. The molecule has 0 aromatic heterocycles. The van der Waals surface area contributed by atoms with Crippen LogP contribution in [0.1, 0.15) is 12.5 Å². The van der Waals surface area contributed by atoms with E-state index in [0.29, 0.717) is 5.69 Å². The van der Waals surface area contributed by atoms with E-state index in [1.807, 2.05) is 0 Å². The van der Waals surface area contributed by atoms with Gasteiger partial charge < -0.3 is 20.5 Å². The molecule has 0 bridgehead atoms. The molecule has 0 fully saturated rings. The van der Waals surface area contributed by atoms with E-state index in [9.17, 15) is 9.59 Å². The van der Waals surface area contributed by atoms with Gasteiger partial charge in [0.2, 0.25) is 5.91 Å². The van der Waals surface area contributed by atoms with E-state index in [2.05, 4.69) is 15.4 Å². The lowest BCUT2D eigenvalue weighted by Gasteiger charge is -2.13. The van der Waals surface area contributed by atoms with Crippen LogP contribution >= 0.6 is 0 Å². The highest BCUT2D eigenvalue weighted by Gasteiger charge is 2.15. The minimum atomic E-state index is -0.699. The Morgan fingerprint density at radius 2 is 1.94 bits per heavy atom. The highest BCUT2D eigenvalue weighted by Crippen LogP contribution is 2.09. The standard InChI is InChI=1S/C12H16N2O4/c1-8(13-12(17)18-2)11(16)14-10-5-3-9(7-15)4-6-10/h3-6,8,15H,7H2,1-2H3,(H,13,17)(H,14,16)/t8-/m0/s1. The van der Waals surface area contributed by atoms with Crippen molar-refractivity contribution in [1.29, 1.82) is 0 Å². The summed E-state index contributed by atoms with van der Waals surface area (Å²) in [6.45, 7) is 1.50. The minimum absolute atomic E-state index is 0.0471. The summed E-state index contributed by atoms with van der Waals surface area (Å²) in [7, 11) is 1.23. The maximum absolute atomic E-state index is 11.7. The summed E-state index contributed by atoms with van der Waals surface area (Å²) >= 11 is 0. The molecule has 1 rings (SSSR count). The Labute approximate surface area is 105 Å². The number of aliphatic hydroxyl groups excluding tert-OH is 1. The molecule has 0 spiro atoms. The molecule has 98 valence electrons. The van der Waals surface area contributed by atoms with Crippen molar-refractivity contribution in [2.45, 2.75) is 19.6 Å². The van der Waals surface area contributed by atoms with Crippen LogP contribution in [0.25, 0.3) is 0 Å². The Bertz CT molecular complexity index is 417. The van der Waals surface area contributed by atoms with Gasteiger partial charge in [-0.25, -0.2) is 4.79 Å². The Kier molecular flexibility index (Phi) is 5.13. The molecule has 2 amide bonds. The van der Waals surface area contributed by atoms with Crippen LogP contribution in [0.3, 0.4) is 0 Å². The first-order chi connectivity index (χ1) is 8.56. The molecule has 0 saturated heterocycles. The fraction of sp³-hybridized carbons (Fsp3) is 0.333. The molecule has 0 aliphatic rings. The van der Waals surface area contributed by atoms with Gasteiger partial charge in [-0.1, -0.05) is 12.1 Å². The summed E-state index contributed by atoms with van der Waals surface area (Å²) in [4.78, 5) is 22.6. The Hall–Kier alpha value is -2.08. The van der Waals surface area contributed by atoms with Gasteiger partial charge in [0.1, 0.15) is 6.04 Å². The quantitative estimate of drug-likeness (QED) is 0.741. The average molecular weight is 252 g/mol. The maximum atomic E-state index is 11.7. The third-order valence-electron chi connectivity index (χ3n) is 2.32. The molecule has 1 aromatic carbocycles. The number of rotatable bonds is 4. The average Bonchev–Trinajstić information content (AvgIpc) is 2.39. The molecule has 18 heavy (non-hydrogen) atoms. The zero-order chi connectivity index (χ0) is 13.5. The van der Waals surface area contributed by atoms with Crippen LogP contribution in [-0.4, -0.2) is 30.3 Å². The van der Waals surface area contributed by atoms with Crippen molar-refractivity contribution in [3.8, 4) is 0 Å². The van der Waals surface area contributed by atoms with Gasteiger partial charge in [0.15, 0.2) is 0 Å². The van der Waals surface area contributed by atoms with Crippen molar-refractivity contribution in [3.05, 3.63) is 29.8 Å².